The molecular formula is C13H16Cl2N2O4. The Balaban J connectivity index is 2.58. The number of halogens is 2. The van der Waals surface area contributed by atoms with Crippen molar-refractivity contribution in [1.29, 1.82) is 0 Å². The fraction of sp³-hybridized carbons (Fsp3) is 0.385. The maximum absolute atomic E-state index is 11.8. The molecule has 8 heteroatoms. The van der Waals surface area contributed by atoms with Crippen molar-refractivity contribution >= 4 is 40.8 Å². The quantitative estimate of drug-likeness (QED) is 0.543. The maximum Gasteiger partial charge on any atom is 0.321 e. The Morgan fingerprint density at radius 1 is 1.19 bits per heavy atom. The molecule has 0 heterocycles. The smallest absolute Gasteiger partial charge is 0.321 e. The number of carbonyl (C=O) groups is 2. The van der Waals surface area contributed by atoms with Gasteiger partial charge in [-0.05, 0) is 31.2 Å². The van der Waals surface area contributed by atoms with Gasteiger partial charge in [-0.3, -0.25) is 9.59 Å². The van der Waals surface area contributed by atoms with Crippen molar-refractivity contribution in [2.75, 3.05) is 18.5 Å². The van der Waals surface area contributed by atoms with Crippen molar-refractivity contribution in [2.45, 2.75) is 18.9 Å². The zero-order chi connectivity index (χ0) is 15.8. The third kappa shape index (κ3) is 6.77. The van der Waals surface area contributed by atoms with Crippen LogP contribution in [0.4, 0.5) is 5.69 Å². The number of rotatable bonds is 8. The average molecular weight is 335 g/mol. The van der Waals surface area contributed by atoms with Crippen LogP contribution in [0, 0.1) is 0 Å². The largest absolute Gasteiger partial charge is 0.480 e. The molecule has 0 fully saturated rings. The van der Waals surface area contributed by atoms with Crippen LogP contribution in [0.5, 0.6) is 0 Å². The van der Waals surface area contributed by atoms with Crippen LogP contribution in [-0.4, -0.2) is 41.3 Å². The molecule has 0 aliphatic heterocycles. The standard InChI is InChI=1S/C13H16Cl2N2O4/c14-8-4-9(15)6-10(5-8)17-12(19)7-11(13(20)21)16-2-1-3-18/h4-6,11,16,18H,1-3,7H2,(H,17,19)(H,20,21). The molecule has 0 radical (unpaired) electrons. The summed E-state index contributed by atoms with van der Waals surface area (Å²) in [5.41, 5.74) is 0.400. The Kier molecular flexibility index (Phi) is 7.45. The van der Waals surface area contributed by atoms with E-state index in [0.717, 1.165) is 0 Å². The number of aliphatic hydroxyl groups excluding tert-OH is 1. The van der Waals surface area contributed by atoms with E-state index < -0.39 is 17.9 Å². The second-order valence-corrected chi connectivity index (χ2v) is 5.21. The molecule has 0 spiro atoms. The maximum atomic E-state index is 11.8. The molecule has 1 amide bonds. The minimum absolute atomic E-state index is 0.0491. The number of carbonyl (C=O) groups excluding carboxylic acids is 1. The number of carboxylic acid groups (broad SMARTS) is 1. The molecule has 0 aliphatic rings. The lowest BCUT2D eigenvalue weighted by Crippen LogP contribution is -2.40. The number of anilines is 1. The van der Waals surface area contributed by atoms with Crippen LogP contribution in [0.15, 0.2) is 18.2 Å². The van der Waals surface area contributed by atoms with Gasteiger partial charge in [-0.1, -0.05) is 23.2 Å². The molecule has 1 unspecified atom stereocenters. The number of hydrogen-bond donors (Lipinski definition) is 4. The van der Waals surface area contributed by atoms with Gasteiger partial charge in [0.25, 0.3) is 0 Å². The van der Waals surface area contributed by atoms with Crippen LogP contribution in [0.3, 0.4) is 0 Å². The molecule has 0 aromatic heterocycles. The van der Waals surface area contributed by atoms with Crippen molar-refractivity contribution in [3.63, 3.8) is 0 Å². The SMILES string of the molecule is O=C(CC(NCCCO)C(=O)O)Nc1cc(Cl)cc(Cl)c1. The summed E-state index contributed by atoms with van der Waals surface area (Å²) >= 11 is 11.6. The molecule has 1 aromatic rings. The Labute approximate surface area is 132 Å². The minimum Gasteiger partial charge on any atom is -0.480 e. The van der Waals surface area contributed by atoms with Gasteiger partial charge in [0.1, 0.15) is 6.04 Å². The minimum atomic E-state index is -1.13. The van der Waals surface area contributed by atoms with E-state index >= 15 is 0 Å². The Morgan fingerprint density at radius 2 is 1.81 bits per heavy atom. The van der Waals surface area contributed by atoms with E-state index in [2.05, 4.69) is 10.6 Å². The Hall–Kier alpha value is -1.34. The van der Waals surface area contributed by atoms with E-state index in [0.29, 0.717) is 28.7 Å². The summed E-state index contributed by atoms with van der Waals surface area (Å²) in [4.78, 5) is 22.9. The van der Waals surface area contributed by atoms with Gasteiger partial charge >= 0.3 is 5.97 Å². The predicted octanol–water partition coefficient (Wildman–Crippen LogP) is 1.75. The number of nitrogens with one attached hydrogen (secondary N) is 2. The van der Waals surface area contributed by atoms with Crippen LogP contribution < -0.4 is 10.6 Å². The highest BCUT2D eigenvalue weighted by molar-refractivity contribution is 6.35. The van der Waals surface area contributed by atoms with Gasteiger partial charge in [0.2, 0.25) is 5.91 Å². The number of amides is 1. The highest BCUT2D eigenvalue weighted by Gasteiger charge is 2.20. The van der Waals surface area contributed by atoms with Crippen molar-refractivity contribution in [3.8, 4) is 0 Å². The van der Waals surface area contributed by atoms with Gasteiger partial charge in [-0.2, -0.15) is 0 Å². The number of aliphatic carboxylic acids is 1. The first-order valence-electron chi connectivity index (χ1n) is 6.25. The summed E-state index contributed by atoms with van der Waals surface area (Å²) in [5.74, 6) is -1.61. The zero-order valence-electron chi connectivity index (χ0n) is 11.1. The van der Waals surface area contributed by atoms with Crippen LogP contribution in [0.25, 0.3) is 0 Å². The zero-order valence-corrected chi connectivity index (χ0v) is 12.6. The van der Waals surface area contributed by atoms with Crippen LogP contribution in [0.1, 0.15) is 12.8 Å². The first-order chi connectivity index (χ1) is 9.92. The second kappa shape index (κ2) is 8.84. The van der Waals surface area contributed by atoms with Gasteiger partial charge in [0, 0.05) is 22.3 Å². The first kappa shape index (κ1) is 17.7. The topological polar surface area (TPSA) is 98.7 Å². The lowest BCUT2D eigenvalue weighted by molar-refractivity contribution is -0.141. The number of aliphatic hydroxyl groups is 1. The molecule has 0 aliphatic carbocycles. The molecule has 1 aromatic carbocycles. The molecule has 21 heavy (non-hydrogen) atoms. The van der Waals surface area contributed by atoms with Gasteiger partial charge in [0.15, 0.2) is 0 Å². The van der Waals surface area contributed by atoms with E-state index in [-0.39, 0.29) is 13.0 Å². The Morgan fingerprint density at radius 3 is 2.33 bits per heavy atom. The summed E-state index contributed by atoms with van der Waals surface area (Å²) in [7, 11) is 0. The molecule has 4 N–H and O–H groups in total. The summed E-state index contributed by atoms with van der Waals surface area (Å²) in [5, 5.41) is 23.6. The van der Waals surface area contributed by atoms with Crippen molar-refractivity contribution in [3.05, 3.63) is 28.2 Å². The number of carboxylic acids is 1. The molecule has 6 nitrogen and oxygen atoms in total. The molecule has 0 bridgehead atoms. The highest BCUT2D eigenvalue weighted by Crippen LogP contribution is 2.22. The lowest BCUT2D eigenvalue weighted by atomic mass is 10.2. The van der Waals surface area contributed by atoms with E-state index in [1.54, 1.807) is 0 Å². The van der Waals surface area contributed by atoms with Crippen molar-refractivity contribution in [2.24, 2.45) is 0 Å². The first-order valence-corrected chi connectivity index (χ1v) is 7.01. The molecule has 1 rings (SSSR count). The normalized spacial score (nSPS) is 12.0. The summed E-state index contributed by atoms with van der Waals surface area (Å²) in [6.45, 7) is 0.260. The third-order valence-corrected chi connectivity index (χ3v) is 3.00. The van der Waals surface area contributed by atoms with E-state index in [1.807, 2.05) is 0 Å². The van der Waals surface area contributed by atoms with Gasteiger partial charge in [-0.25, -0.2) is 0 Å². The lowest BCUT2D eigenvalue weighted by Gasteiger charge is -2.14. The fourth-order valence-corrected chi connectivity index (χ4v) is 2.15. The monoisotopic (exact) mass is 334 g/mol. The molecule has 0 saturated carbocycles. The molecule has 1 atom stereocenters. The molecule has 116 valence electrons. The third-order valence-electron chi connectivity index (χ3n) is 2.56. The van der Waals surface area contributed by atoms with Gasteiger partial charge < -0.3 is 20.8 Å². The highest BCUT2D eigenvalue weighted by atomic mass is 35.5. The molecular weight excluding hydrogens is 319 g/mol. The number of benzene rings is 1. The van der Waals surface area contributed by atoms with Crippen LogP contribution in [0.2, 0.25) is 10.0 Å². The summed E-state index contributed by atoms with van der Waals surface area (Å²) in [6, 6.07) is 3.53. The Bertz CT molecular complexity index is 491. The summed E-state index contributed by atoms with van der Waals surface area (Å²) in [6.07, 6.45) is 0.167. The van der Waals surface area contributed by atoms with E-state index in [1.165, 1.54) is 18.2 Å². The van der Waals surface area contributed by atoms with E-state index in [9.17, 15) is 9.59 Å². The summed E-state index contributed by atoms with van der Waals surface area (Å²) < 4.78 is 0. The molecule has 0 saturated heterocycles. The van der Waals surface area contributed by atoms with Crippen LogP contribution in [-0.2, 0) is 9.59 Å². The van der Waals surface area contributed by atoms with E-state index in [4.69, 9.17) is 33.4 Å². The van der Waals surface area contributed by atoms with Gasteiger partial charge in [0.05, 0.1) is 6.42 Å². The van der Waals surface area contributed by atoms with Crippen molar-refractivity contribution in [1.82, 2.24) is 5.32 Å². The fourth-order valence-electron chi connectivity index (χ4n) is 1.63. The average Bonchev–Trinajstić information content (AvgIpc) is 2.36. The predicted molar refractivity (Wildman–Crippen MR) is 80.8 cm³/mol. The van der Waals surface area contributed by atoms with Crippen LogP contribution >= 0.6 is 23.2 Å². The second-order valence-electron chi connectivity index (χ2n) is 4.33. The van der Waals surface area contributed by atoms with Gasteiger partial charge in [-0.15, -0.1) is 0 Å². The number of hydrogen-bond acceptors (Lipinski definition) is 4. The van der Waals surface area contributed by atoms with Crippen molar-refractivity contribution < 1.29 is 19.8 Å².